The lowest BCUT2D eigenvalue weighted by Gasteiger charge is -2.29. The van der Waals surface area contributed by atoms with Crippen molar-refractivity contribution < 1.29 is 14.6 Å². The van der Waals surface area contributed by atoms with Crippen molar-refractivity contribution in [1.82, 2.24) is 25.0 Å². The number of aliphatic hydroxyl groups is 1. The first-order valence-electron chi connectivity index (χ1n) is 13.8. The SMILES string of the molecule is C=N/C=C(\C=C(/C)c1ccc2[nH]nc(C(=O)Nc3ccc(CN4CCOCC4)nc3)c2c1)CN1CCC(O)CC1. The van der Waals surface area contributed by atoms with Crippen molar-refractivity contribution in [1.29, 1.82) is 0 Å². The van der Waals surface area contributed by atoms with E-state index in [0.717, 1.165) is 98.6 Å². The molecule has 2 aliphatic heterocycles. The quantitative estimate of drug-likeness (QED) is 0.279. The van der Waals surface area contributed by atoms with Crippen molar-refractivity contribution in [3.05, 3.63) is 71.3 Å². The molecule has 2 saturated heterocycles. The number of nitrogens with one attached hydrogen (secondary N) is 2. The second kappa shape index (κ2) is 13.1. The number of ether oxygens (including phenoxy) is 1. The molecule has 3 N–H and O–H groups in total. The van der Waals surface area contributed by atoms with Crippen LogP contribution >= 0.6 is 0 Å². The van der Waals surface area contributed by atoms with Gasteiger partial charge < -0.3 is 15.2 Å². The summed E-state index contributed by atoms with van der Waals surface area (Å²) in [4.78, 5) is 26.3. The number of anilines is 1. The van der Waals surface area contributed by atoms with Crippen LogP contribution in [0.25, 0.3) is 16.5 Å². The number of pyridine rings is 1. The molecule has 5 rings (SSSR count). The second-order valence-corrected chi connectivity index (χ2v) is 10.4. The van der Waals surface area contributed by atoms with Gasteiger partial charge in [-0.05, 0) is 67.5 Å². The van der Waals surface area contributed by atoms with E-state index in [1.807, 2.05) is 37.3 Å². The Balaban J connectivity index is 1.27. The van der Waals surface area contributed by atoms with Crippen LogP contribution in [0.15, 0.2) is 59.4 Å². The van der Waals surface area contributed by atoms with E-state index in [2.05, 4.69) is 48.1 Å². The van der Waals surface area contributed by atoms with Gasteiger partial charge in [-0.1, -0.05) is 12.1 Å². The van der Waals surface area contributed by atoms with E-state index in [1.165, 1.54) is 0 Å². The normalized spacial score (nSPS) is 18.2. The van der Waals surface area contributed by atoms with Gasteiger partial charge in [0.1, 0.15) is 0 Å². The highest BCUT2D eigenvalue weighted by Crippen LogP contribution is 2.25. The minimum Gasteiger partial charge on any atom is -0.393 e. The van der Waals surface area contributed by atoms with E-state index < -0.39 is 0 Å². The highest BCUT2D eigenvalue weighted by atomic mass is 16.5. The smallest absolute Gasteiger partial charge is 0.276 e. The highest BCUT2D eigenvalue weighted by molar-refractivity contribution is 6.11. The molecule has 0 atom stereocenters. The summed E-state index contributed by atoms with van der Waals surface area (Å²) in [6, 6.07) is 9.75. The van der Waals surface area contributed by atoms with Crippen LogP contribution in [0.1, 0.15) is 41.5 Å². The Labute approximate surface area is 234 Å². The third-order valence-corrected chi connectivity index (χ3v) is 7.43. The summed E-state index contributed by atoms with van der Waals surface area (Å²) in [6.45, 7) is 12.2. The number of allylic oxidation sites excluding steroid dienone is 1. The van der Waals surface area contributed by atoms with Gasteiger partial charge in [-0.3, -0.25) is 29.7 Å². The highest BCUT2D eigenvalue weighted by Gasteiger charge is 2.18. The summed E-state index contributed by atoms with van der Waals surface area (Å²) in [5.41, 5.74) is 5.76. The fraction of sp³-hybridized carbons (Fsp3) is 0.400. The molecule has 0 spiro atoms. The third kappa shape index (κ3) is 7.08. The number of hydrogen-bond acceptors (Lipinski definition) is 8. The van der Waals surface area contributed by atoms with Crippen molar-refractivity contribution >= 4 is 34.8 Å². The van der Waals surface area contributed by atoms with Gasteiger partial charge in [0.05, 0.1) is 42.4 Å². The monoisotopic (exact) mass is 543 g/mol. The van der Waals surface area contributed by atoms with Crippen molar-refractivity contribution in [3.63, 3.8) is 0 Å². The van der Waals surface area contributed by atoms with E-state index in [1.54, 1.807) is 12.4 Å². The van der Waals surface area contributed by atoms with Crippen LogP contribution in [0.2, 0.25) is 0 Å². The number of aromatic nitrogens is 3. The van der Waals surface area contributed by atoms with Crippen LogP contribution in [-0.2, 0) is 11.3 Å². The first kappa shape index (κ1) is 27.9. The molecule has 2 fully saturated rings. The summed E-state index contributed by atoms with van der Waals surface area (Å²) < 4.78 is 5.41. The molecule has 0 bridgehead atoms. The second-order valence-electron chi connectivity index (χ2n) is 10.4. The van der Waals surface area contributed by atoms with Crippen molar-refractivity contribution in [2.75, 3.05) is 51.3 Å². The maximum Gasteiger partial charge on any atom is 0.276 e. The number of amides is 1. The molecule has 0 saturated carbocycles. The van der Waals surface area contributed by atoms with Gasteiger partial charge in [-0.2, -0.15) is 5.10 Å². The van der Waals surface area contributed by atoms with Gasteiger partial charge in [-0.15, -0.1) is 0 Å². The van der Waals surface area contributed by atoms with Gasteiger partial charge in [-0.25, -0.2) is 0 Å². The number of H-pyrrole nitrogens is 1. The van der Waals surface area contributed by atoms with Crippen LogP contribution < -0.4 is 5.32 Å². The number of carbonyl (C=O) groups excluding carboxylic acids is 1. The summed E-state index contributed by atoms with van der Waals surface area (Å²) in [5, 5.41) is 20.8. The molecule has 40 heavy (non-hydrogen) atoms. The minimum absolute atomic E-state index is 0.206. The van der Waals surface area contributed by atoms with Crippen LogP contribution in [0.3, 0.4) is 0 Å². The molecule has 4 heterocycles. The molecule has 2 aromatic heterocycles. The zero-order valence-corrected chi connectivity index (χ0v) is 23.0. The molecule has 210 valence electrons. The van der Waals surface area contributed by atoms with Gasteiger partial charge in [0.25, 0.3) is 5.91 Å². The Morgan fingerprint density at radius 1 is 1.20 bits per heavy atom. The predicted octanol–water partition coefficient (Wildman–Crippen LogP) is 3.49. The number of benzene rings is 1. The molecule has 10 heteroatoms. The number of carbonyl (C=O) groups is 1. The zero-order valence-electron chi connectivity index (χ0n) is 23.0. The number of likely N-dealkylation sites (tertiary alicyclic amines) is 1. The number of aliphatic imine (C=N–C) groups is 1. The molecular weight excluding hydrogens is 506 g/mol. The molecule has 0 unspecified atom stereocenters. The number of fused-ring (bicyclic) bond motifs is 1. The summed E-state index contributed by atoms with van der Waals surface area (Å²) in [6.07, 6.45) is 6.94. The fourth-order valence-electron chi connectivity index (χ4n) is 5.14. The van der Waals surface area contributed by atoms with Crippen molar-refractivity contribution in [3.8, 4) is 0 Å². The molecule has 3 aromatic rings. The summed E-state index contributed by atoms with van der Waals surface area (Å²) in [5.74, 6) is -0.295. The number of morpholine rings is 1. The third-order valence-electron chi connectivity index (χ3n) is 7.43. The average molecular weight is 544 g/mol. The van der Waals surface area contributed by atoms with Gasteiger partial charge in [0.15, 0.2) is 5.69 Å². The summed E-state index contributed by atoms with van der Waals surface area (Å²) >= 11 is 0. The zero-order chi connectivity index (χ0) is 27.9. The molecule has 0 aliphatic carbocycles. The van der Waals surface area contributed by atoms with Crippen LogP contribution in [0.4, 0.5) is 5.69 Å². The Hall–Kier alpha value is -3.70. The number of nitrogens with zero attached hydrogens (tertiary/aromatic N) is 5. The Morgan fingerprint density at radius 3 is 2.73 bits per heavy atom. The van der Waals surface area contributed by atoms with E-state index in [9.17, 15) is 9.90 Å². The number of aliphatic hydroxyl groups excluding tert-OH is 1. The first-order chi connectivity index (χ1) is 19.5. The maximum atomic E-state index is 13.2. The van der Waals surface area contributed by atoms with Gasteiger partial charge in [0.2, 0.25) is 0 Å². The van der Waals surface area contributed by atoms with E-state index in [0.29, 0.717) is 11.4 Å². The summed E-state index contributed by atoms with van der Waals surface area (Å²) in [7, 11) is 0. The van der Waals surface area contributed by atoms with Crippen LogP contribution in [-0.4, -0.2) is 94.8 Å². The Kier molecular flexibility index (Phi) is 9.12. The topological polar surface area (TPSA) is 119 Å². The first-order valence-corrected chi connectivity index (χ1v) is 13.8. The molecule has 1 amide bonds. The lowest BCUT2D eigenvalue weighted by atomic mass is 10.0. The number of rotatable bonds is 9. The maximum absolute atomic E-state index is 13.2. The average Bonchev–Trinajstić information content (AvgIpc) is 3.39. The van der Waals surface area contributed by atoms with Crippen molar-refractivity contribution in [2.24, 2.45) is 4.99 Å². The lowest BCUT2D eigenvalue weighted by Crippen LogP contribution is -2.36. The lowest BCUT2D eigenvalue weighted by molar-refractivity contribution is 0.0336. The fourth-order valence-corrected chi connectivity index (χ4v) is 5.14. The molecule has 1 aromatic carbocycles. The number of piperidine rings is 1. The standard InChI is InChI=1S/C30H37N7O3/c1-21(15-22(17-31-2)19-36-9-7-26(38)8-10-36)23-3-6-28-27(16-23)29(35-34-28)30(39)33-24-4-5-25(32-18-24)20-37-11-13-40-14-12-37/h3-6,15-18,26,38H,2,7-14,19-20H2,1H3,(H,33,39)(H,34,35)/b21-15+,22-17+. The Morgan fingerprint density at radius 2 is 2.00 bits per heavy atom. The van der Waals surface area contributed by atoms with Gasteiger partial charge >= 0.3 is 0 Å². The van der Waals surface area contributed by atoms with Crippen LogP contribution in [0, 0.1) is 0 Å². The largest absolute Gasteiger partial charge is 0.393 e. The number of hydrogen-bond donors (Lipinski definition) is 3. The molecule has 10 nitrogen and oxygen atoms in total. The molecule has 0 radical (unpaired) electrons. The predicted molar refractivity (Wildman–Crippen MR) is 157 cm³/mol. The molecular formula is C30H37N7O3. The van der Waals surface area contributed by atoms with E-state index >= 15 is 0 Å². The van der Waals surface area contributed by atoms with E-state index in [-0.39, 0.29) is 12.0 Å². The van der Waals surface area contributed by atoms with Crippen LogP contribution in [0.5, 0.6) is 0 Å². The van der Waals surface area contributed by atoms with Crippen molar-refractivity contribution in [2.45, 2.75) is 32.4 Å². The Bertz CT molecular complexity index is 1380. The minimum atomic E-state index is -0.295. The number of aromatic amines is 1. The van der Waals surface area contributed by atoms with E-state index in [4.69, 9.17) is 4.74 Å². The molecule has 2 aliphatic rings. The van der Waals surface area contributed by atoms with Gasteiger partial charge in [0, 0.05) is 50.9 Å².